The van der Waals surface area contributed by atoms with Gasteiger partial charge in [-0.1, -0.05) is 12.1 Å². The molecule has 2 rings (SSSR count). The van der Waals surface area contributed by atoms with Crippen LogP contribution in [0.4, 0.5) is 10.1 Å². The van der Waals surface area contributed by atoms with E-state index in [9.17, 15) is 14.5 Å². The highest BCUT2D eigenvalue weighted by Crippen LogP contribution is 2.30. The Hall–Kier alpha value is -2.43. The van der Waals surface area contributed by atoms with Crippen LogP contribution in [0.15, 0.2) is 48.5 Å². The molecular weight excluding hydrogens is 225 g/mol. The van der Waals surface area contributed by atoms with Crippen LogP contribution < -0.4 is 4.74 Å². The molecule has 0 fully saturated rings. The average Bonchev–Trinajstić information content (AvgIpc) is 2.32. The number of nitrogens with zero attached hydrogens (tertiary/aromatic N) is 1. The molecule has 0 saturated carbocycles. The quantitative estimate of drug-likeness (QED) is 0.602. The molecule has 17 heavy (non-hydrogen) atoms. The van der Waals surface area contributed by atoms with Gasteiger partial charge >= 0.3 is 5.69 Å². The van der Waals surface area contributed by atoms with Crippen LogP contribution in [0.5, 0.6) is 11.5 Å². The van der Waals surface area contributed by atoms with Crippen LogP contribution in [0.2, 0.25) is 0 Å². The Bertz CT molecular complexity index is 540. The van der Waals surface area contributed by atoms with Gasteiger partial charge in [0, 0.05) is 6.07 Å². The smallest absolute Gasteiger partial charge is 0.311 e. The molecule has 0 atom stereocenters. The third-order valence-corrected chi connectivity index (χ3v) is 2.10. The molecule has 0 saturated heterocycles. The summed E-state index contributed by atoms with van der Waals surface area (Å²) in [5, 5.41) is 10.7. The van der Waals surface area contributed by atoms with Gasteiger partial charge in [-0.15, -0.1) is 0 Å². The summed E-state index contributed by atoms with van der Waals surface area (Å²) in [4.78, 5) is 10.2. The minimum atomic E-state index is -0.529. The van der Waals surface area contributed by atoms with E-state index in [0.29, 0.717) is 5.75 Å². The maximum Gasteiger partial charge on any atom is 0.311 e. The van der Waals surface area contributed by atoms with Gasteiger partial charge < -0.3 is 4.74 Å². The van der Waals surface area contributed by atoms with E-state index < -0.39 is 4.92 Å². The Morgan fingerprint density at radius 1 is 1.06 bits per heavy atom. The van der Waals surface area contributed by atoms with Gasteiger partial charge in [-0.05, 0) is 30.3 Å². The minimum Gasteiger partial charge on any atom is -0.450 e. The van der Waals surface area contributed by atoms with E-state index in [-0.39, 0.29) is 17.3 Å². The van der Waals surface area contributed by atoms with Crippen molar-refractivity contribution in [3.8, 4) is 11.5 Å². The van der Waals surface area contributed by atoms with Crippen molar-refractivity contribution in [2.45, 2.75) is 0 Å². The molecule has 86 valence electrons. The van der Waals surface area contributed by atoms with Crippen molar-refractivity contribution in [2.75, 3.05) is 0 Å². The molecule has 0 aliphatic rings. The van der Waals surface area contributed by atoms with E-state index in [1.807, 2.05) is 0 Å². The molecule has 0 aliphatic carbocycles. The largest absolute Gasteiger partial charge is 0.450 e. The summed E-state index contributed by atoms with van der Waals surface area (Å²) in [7, 11) is 0. The summed E-state index contributed by atoms with van der Waals surface area (Å²) in [5.74, 6) is 0.0877. The summed E-state index contributed by atoms with van der Waals surface area (Å²) >= 11 is 0. The molecule has 5 heteroatoms. The molecule has 0 bridgehead atoms. The van der Waals surface area contributed by atoms with Crippen LogP contribution in [0.25, 0.3) is 0 Å². The van der Waals surface area contributed by atoms with Gasteiger partial charge in [-0.2, -0.15) is 0 Å². The van der Waals surface area contributed by atoms with Gasteiger partial charge in [0.25, 0.3) is 0 Å². The molecule has 0 N–H and O–H groups in total. The molecule has 0 aliphatic heterocycles. The number of rotatable bonds is 3. The third kappa shape index (κ3) is 2.57. The van der Waals surface area contributed by atoms with Crippen molar-refractivity contribution >= 4 is 5.69 Å². The van der Waals surface area contributed by atoms with E-state index in [1.165, 1.54) is 36.4 Å². The van der Waals surface area contributed by atoms with Gasteiger partial charge in [-0.25, -0.2) is 4.39 Å². The van der Waals surface area contributed by atoms with Crippen LogP contribution in [-0.4, -0.2) is 4.92 Å². The lowest BCUT2D eigenvalue weighted by Gasteiger charge is -2.05. The predicted octanol–water partition coefficient (Wildman–Crippen LogP) is 3.53. The van der Waals surface area contributed by atoms with Crippen LogP contribution in [0.1, 0.15) is 0 Å². The Morgan fingerprint density at radius 3 is 2.35 bits per heavy atom. The summed E-state index contributed by atoms with van der Waals surface area (Å²) in [6, 6.07) is 11.3. The number of hydrogen-bond donors (Lipinski definition) is 0. The number of hydrogen-bond acceptors (Lipinski definition) is 3. The first-order valence-corrected chi connectivity index (χ1v) is 4.83. The number of nitro benzene ring substituents is 1. The van der Waals surface area contributed by atoms with Gasteiger partial charge in [0.2, 0.25) is 5.75 Å². The zero-order valence-electron chi connectivity index (χ0n) is 8.67. The second-order valence-electron chi connectivity index (χ2n) is 3.28. The van der Waals surface area contributed by atoms with E-state index in [2.05, 4.69) is 0 Å². The summed E-state index contributed by atoms with van der Waals surface area (Å²) < 4.78 is 18.0. The first-order valence-electron chi connectivity index (χ1n) is 4.83. The van der Waals surface area contributed by atoms with Crippen LogP contribution in [-0.2, 0) is 0 Å². The third-order valence-electron chi connectivity index (χ3n) is 2.10. The molecule has 4 nitrogen and oxygen atoms in total. The number of para-hydroxylation sites is 2. The van der Waals surface area contributed by atoms with Gasteiger partial charge in [0.15, 0.2) is 0 Å². The number of ether oxygens (including phenoxy) is 1. The van der Waals surface area contributed by atoms with Crippen molar-refractivity contribution in [3.63, 3.8) is 0 Å². The van der Waals surface area contributed by atoms with Crippen LogP contribution >= 0.6 is 0 Å². The number of benzene rings is 2. The molecule has 0 aromatic heterocycles. The van der Waals surface area contributed by atoms with E-state index in [0.717, 1.165) is 0 Å². The maximum atomic E-state index is 12.7. The van der Waals surface area contributed by atoms with E-state index in [1.54, 1.807) is 12.1 Å². The van der Waals surface area contributed by atoms with Crippen molar-refractivity contribution in [3.05, 3.63) is 64.5 Å². The minimum absolute atomic E-state index is 0.128. The fourth-order valence-corrected chi connectivity index (χ4v) is 1.32. The zero-order chi connectivity index (χ0) is 12.3. The lowest BCUT2D eigenvalue weighted by atomic mass is 10.3. The average molecular weight is 233 g/mol. The highest BCUT2D eigenvalue weighted by Gasteiger charge is 2.14. The Balaban J connectivity index is 2.30. The van der Waals surface area contributed by atoms with E-state index in [4.69, 9.17) is 4.74 Å². The molecule has 0 radical (unpaired) electrons. The molecule has 0 amide bonds. The fraction of sp³-hybridized carbons (Fsp3) is 0. The standard InChI is InChI=1S/C12H8FNO3/c13-9-5-7-10(8-6-9)17-12-4-2-1-3-11(12)14(15)16/h1-8H. The Labute approximate surface area is 96.4 Å². The topological polar surface area (TPSA) is 52.4 Å². The highest BCUT2D eigenvalue weighted by molar-refractivity contribution is 5.47. The van der Waals surface area contributed by atoms with Gasteiger partial charge in [0.1, 0.15) is 11.6 Å². The SMILES string of the molecule is O=[N+]([O-])c1ccccc1Oc1ccc(F)cc1. The second-order valence-corrected chi connectivity index (χ2v) is 3.28. The lowest BCUT2D eigenvalue weighted by Crippen LogP contribution is -1.92. The molecule has 0 unspecified atom stereocenters. The second kappa shape index (κ2) is 4.61. The number of halogens is 1. The summed E-state index contributed by atoms with van der Waals surface area (Å²) in [6.07, 6.45) is 0. The lowest BCUT2D eigenvalue weighted by molar-refractivity contribution is -0.385. The number of nitro groups is 1. The van der Waals surface area contributed by atoms with Crippen molar-refractivity contribution in [2.24, 2.45) is 0 Å². The van der Waals surface area contributed by atoms with Gasteiger partial charge in [-0.3, -0.25) is 10.1 Å². The maximum absolute atomic E-state index is 12.7. The van der Waals surface area contributed by atoms with Crippen molar-refractivity contribution in [1.29, 1.82) is 0 Å². The summed E-state index contributed by atoms with van der Waals surface area (Å²) in [5.41, 5.74) is -0.128. The monoisotopic (exact) mass is 233 g/mol. The first kappa shape index (κ1) is 11.1. The molecule has 0 heterocycles. The molecule has 0 spiro atoms. The normalized spacial score (nSPS) is 9.94. The van der Waals surface area contributed by atoms with Crippen LogP contribution in [0.3, 0.4) is 0 Å². The van der Waals surface area contributed by atoms with Crippen molar-refractivity contribution in [1.82, 2.24) is 0 Å². The van der Waals surface area contributed by atoms with Crippen LogP contribution in [0, 0.1) is 15.9 Å². The van der Waals surface area contributed by atoms with Crippen molar-refractivity contribution < 1.29 is 14.1 Å². The molecular formula is C12H8FNO3. The van der Waals surface area contributed by atoms with E-state index >= 15 is 0 Å². The Morgan fingerprint density at radius 2 is 1.71 bits per heavy atom. The first-order chi connectivity index (χ1) is 8.16. The van der Waals surface area contributed by atoms with Gasteiger partial charge in [0.05, 0.1) is 4.92 Å². The fourth-order valence-electron chi connectivity index (χ4n) is 1.32. The highest BCUT2D eigenvalue weighted by atomic mass is 19.1. The summed E-state index contributed by atoms with van der Waals surface area (Å²) in [6.45, 7) is 0. The Kier molecular flexibility index (Phi) is 3.00. The zero-order valence-corrected chi connectivity index (χ0v) is 8.67. The molecule has 2 aromatic rings. The predicted molar refractivity (Wildman–Crippen MR) is 59.6 cm³/mol. The molecule has 2 aromatic carbocycles.